The highest BCUT2D eigenvalue weighted by atomic mass is 16.5. The van der Waals surface area contributed by atoms with Crippen LogP contribution >= 0.6 is 0 Å². The monoisotopic (exact) mass is 569 g/mol. The van der Waals surface area contributed by atoms with Crippen LogP contribution in [0.3, 0.4) is 0 Å². The lowest BCUT2D eigenvalue weighted by Gasteiger charge is -2.39. The first-order valence-corrected chi connectivity index (χ1v) is 15.5. The second-order valence-electron chi connectivity index (χ2n) is 12.8. The zero-order valence-corrected chi connectivity index (χ0v) is 25.6. The smallest absolute Gasteiger partial charge is 0.309 e. The zero-order chi connectivity index (χ0) is 29.9. The van der Waals surface area contributed by atoms with E-state index in [-0.39, 0.29) is 42.7 Å². The molecule has 0 radical (unpaired) electrons. The summed E-state index contributed by atoms with van der Waals surface area (Å²) in [5.41, 5.74) is 1.77. The highest BCUT2D eigenvalue weighted by Gasteiger charge is 2.44. The maximum absolute atomic E-state index is 13.0. The van der Waals surface area contributed by atoms with Crippen LogP contribution in [0, 0.1) is 35.5 Å². The number of hydrogen-bond acceptors (Lipinski definition) is 7. The molecule has 7 heteroatoms. The Morgan fingerprint density at radius 3 is 2.44 bits per heavy atom. The summed E-state index contributed by atoms with van der Waals surface area (Å²) in [6.07, 6.45) is 10.8. The fourth-order valence-electron chi connectivity index (χ4n) is 6.49. The van der Waals surface area contributed by atoms with Gasteiger partial charge in [-0.1, -0.05) is 52.0 Å². The van der Waals surface area contributed by atoms with Crippen molar-refractivity contribution in [1.29, 1.82) is 0 Å². The number of carbonyl (C=O) groups excluding carboxylic acids is 2. The standard InChI is InChI=1S/C34H51NO6/c1-22-18-23(2)20-26(5)33(38)24(3)10-6-7-12-31(41-32(37)21-30(36)25(4)19-22)28-13-14-29(28)34(39)40-17-15-27-11-8-9-16-35-27/h6-11,16,22-23,25-26,28-31,33,36,38H,12-15,17-21H2,1-5H3/b7-6+,24-10-/t22-,23+,25-,26-,28+,29+,30-,31-,33-/m0/s1. The minimum absolute atomic E-state index is 0.0410. The molecule has 7 nitrogen and oxygen atoms in total. The van der Waals surface area contributed by atoms with Crippen molar-refractivity contribution in [2.24, 2.45) is 35.5 Å². The summed E-state index contributed by atoms with van der Waals surface area (Å²) in [5, 5.41) is 21.7. The molecule has 1 aliphatic carbocycles. The Hall–Kier alpha value is -2.51. The van der Waals surface area contributed by atoms with E-state index >= 15 is 0 Å². The Morgan fingerprint density at radius 1 is 1.05 bits per heavy atom. The van der Waals surface area contributed by atoms with Gasteiger partial charge < -0.3 is 19.7 Å². The number of rotatable bonds is 5. The average molecular weight is 570 g/mol. The van der Waals surface area contributed by atoms with Crippen LogP contribution in [0.1, 0.15) is 85.3 Å². The molecule has 0 unspecified atom stereocenters. The molecule has 1 aliphatic heterocycles. The molecule has 3 rings (SSSR count). The minimum Gasteiger partial charge on any atom is -0.465 e. The molecule has 0 amide bonds. The molecule has 2 N–H and O–H groups in total. The van der Waals surface area contributed by atoms with Gasteiger partial charge in [0.15, 0.2) is 0 Å². The Bertz CT molecular complexity index is 1020. The second kappa shape index (κ2) is 16.2. The molecular formula is C34H51NO6. The molecule has 0 bridgehead atoms. The lowest BCUT2D eigenvalue weighted by atomic mass is 9.70. The number of aromatic nitrogens is 1. The van der Waals surface area contributed by atoms with E-state index in [1.54, 1.807) is 6.20 Å². The van der Waals surface area contributed by atoms with Crippen LogP contribution in [0.4, 0.5) is 0 Å². The fraction of sp³-hybridized carbons (Fsp3) is 0.676. The first kappa shape index (κ1) is 33.0. The van der Waals surface area contributed by atoms with Gasteiger partial charge in [0.1, 0.15) is 6.10 Å². The van der Waals surface area contributed by atoms with E-state index in [4.69, 9.17) is 9.47 Å². The van der Waals surface area contributed by atoms with Gasteiger partial charge in [-0.2, -0.15) is 0 Å². The zero-order valence-electron chi connectivity index (χ0n) is 25.6. The molecule has 9 atom stereocenters. The molecular weight excluding hydrogens is 518 g/mol. The summed E-state index contributed by atoms with van der Waals surface area (Å²) < 4.78 is 11.5. The molecule has 2 heterocycles. The molecule has 1 fully saturated rings. The largest absolute Gasteiger partial charge is 0.465 e. The van der Waals surface area contributed by atoms with Crippen LogP contribution < -0.4 is 0 Å². The topological polar surface area (TPSA) is 106 Å². The predicted octanol–water partition coefficient (Wildman–Crippen LogP) is 5.84. The maximum Gasteiger partial charge on any atom is 0.309 e. The van der Waals surface area contributed by atoms with Crippen molar-refractivity contribution in [3.05, 3.63) is 53.9 Å². The molecule has 228 valence electrons. The third-order valence-corrected chi connectivity index (χ3v) is 8.97. The van der Waals surface area contributed by atoms with Gasteiger partial charge in [-0.25, -0.2) is 0 Å². The summed E-state index contributed by atoms with van der Waals surface area (Å²) in [4.78, 5) is 30.2. The van der Waals surface area contributed by atoms with Crippen LogP contribution in [0.15, 0.2) is 48.2 Å². The molecule has 2 aliphatic rings. The molecule has 0 spiro atoms. The van der Waals surface area contributed by atoms with Crippen molar-refractivity contribution in [2.45, 2.75) is 104 Å². The molecule has 41 heavy (non-hydrogen) atoms. The second-order valence-corrected chi connectivity index (χ2v) is 12.8. The van der Waals surface area contributed by atoms with Crippen LogP contribution in [-0.4, -0.2) is 52.1 Å². The predicted molar refractivity (Wildman–Crippen MR) is 160 cm³/mol. The van der Waals surface area contributed by atoms with Gasteiger partial charge in [0.25, 0.3) is 0 Å². The van der Waals surface area contributed by atoms with Gasteiger partial charge in [-0.3, -0.25) is 14.6 Å². The van der Waals surface area contributed by atoms with Gasteiger partial charge in [0.05, 0.1) is 31.2 Å². The minimum atomic E-state index is -0.782. The molecule has 0 aromatic carbocycles. The number of cyclic esters (lactones) is 1. The number of carbonyl (C=O) groups is 2. The summed E-state index contributed by atoms with van der Waals surface area (Å²) in [7, 11) is 0. The van der Waals surface area contributed by atoms with Crippen molar-refractivity contribution in [3.63, 3.8) is 0 Å². The Labute approximate surface area is 246 Å². The van der Waals surface area contributed by atoms with Crippen molar-refractivity contribution >= 4 is 11.9 Å². The normalized spacial score (nSPS) is 36.4. The average Bonchev–Trinajstić information content (AvgIpc) is 2.89. The van der Waals surface area contributed by atoms with Crippen molar-refractivity contribution in [1.82, 2.24) is 4.98 Å². The van der Waals surface area contributed by atoms with Crippen LogP contribution in [-0.2, 0) is 25.5 Å². The number of nitrogens with zero attached hydrogens (tertiary/aromatic N) is 1. The van der Waals surface area contributed by atoms with Crippen molar-refractivity contribution in [3.8, 4) is 0 Å². The van der Waals surface area contributed by atoms with Gasteiger partial charge in [-0.05, 0) is 80.4 Å². The number of aliphatic hydroxyl groups excluding tert-OH is 2. The molecule has 1 aromatic heterocycles. The number of esters is 2. The van der Waals surface area contributed by atoms with Crippen molar-refractivity contribution in [2.75, 3.05) is 6.61 Å². The lowest BCUT2D eigenvalue weighted by Crippen LogP contribution is -2.43. The molecule has 1 saturated carbocycles. The SMILES string of the molecule is C/C1=C/C=C/C[C@@H]([C@@H]2CC[C@H]2C(=O)OCCc2ccccn2)OC(=O)C[C@H](O)[C@@H](C)C[C@@H](C)C[C@@H](C)C[C@H](C)[C@H]1O. The van der Waals surface area contributed by atoms with Gasteiger partial charge in [-0.15, -0.1) is 0 Å². The van der Waals surface area contributed by atoms with Gasteiger partial charge in [0.2, 0.25) is 0 Å². The highest BCUT2D eigenvalue weighted by molar-refractivity contribution is 5.74. The number of aliphatic hydroxyl groups is 2. The fourth-order valence-corrected chi connectivity index (χ4v) is 6.49. The van der Waals surface area contributed by atoms with E-state index in [0.717, 1.165) is 37.0 Å². The Morgan fingerprint density at radius 2 is 1.78 bits per heavy atom. The third-order valence-electron chi connectivity index (χ3n) is 8.97. The van der Waals surface area contributed by atoms with E-state index in [9.17, 15) is 19.8 Å². The van der Waals surface area contributed by atoms with E-state index in [2.05, 4.69) is 25.8 Å². The molecule has 1 aromatic rings. The molecule has 0 saturated heterocycles. The summed E-state index contributed by atoms with van der Waals surface area (Å²) in [6.45, 7) is 10.7. The van der Waals surface area contributed by atoms with Crippen LogP contribution in [0.5, 0.6) is 0 Å². The van der Waals surface area contributed by atoms with Crippen molar-refractivity contribution < 1.29 is 29.3 Å². The Balaban J connectivity index is 1.70. The maximum atomic E-state index is 13.0. The summed E-state index contributed by atoms with van der Waals surface area (Å²) in [6, 6.07) is 5.66. The van der Waals surface area contributed by atoms with Gasteiger partial charge in [0, 0.05) is 30.7 Å². The number of ether oxygens (including phenoxy) is 2. The summed E-state index contributed by atoms with van der Waals surface area (Å²) in [5.74, 6) is -0.226. The van der Waals surface area contributed by atoms with E-state index in [1.807, 2.05) is 50.3 Å². The van der Waals surface area contributed by atoms with Crippen LogP contribution in [0.2, 0.25) is 0 Å². The van der Waals surface area contributed by atoms with E-state index in [0.29, 0.717) is 31.1 Å². The lowest BCUT2D eigenvalue weighted by molar-refractivity contribution is -0.169. The quantitative estimate of drug-likeness (QED) is 0.429. The summed E-state index contributed by atoms with van der Waals surface area (Å²) >= 11 is 0. The first-order chi connectivity index (χ1) is 19.5. The van der Waals surface area contributed by atoms with E-state index < -0.39 is 24.3 Å². The number of pyridine rings is 1. The number of allylic oxidation sites excluding steroid dienone is 2. The first-order valence-electron chi connectivity index (χ1n) is 15.5. The number of hydrogen-bond donors (Lipinski definition) is 2. The van der Waals surface area contributed by atoms with Gasteiger partial charge >= 0.3 is 11.9 Å². The Kier molecular flexibility index (Phi) is 13.0. The van der Waals surface area contributed by atoms with E-state index in [1.165, 1.54) is 0 Å². The highest BCUT2D eigenvalue weighted by Crippen LogP contribution is 2.40. The third kappa shape index (κ3) is 10.4. The van der Waals surface area contributed by atoms with Crippen LogP contribution in [0.25, 0.3) is 0 Å².